The monoisotopic (exact) mass is 368 g/mol. The topological polar surface area (TPSA) is 35.5 Å². The molecule has 154 valence electrons. The molecule has 0 heterocycles. The van der Waals surface area contributed by atoms with Gasteiger partial charge in [-0.3, -0.25) is 0 Å². The summed E-state index contributed by atoms with van der Waals surface area (Å²) >= 11 is 0. The molecule has 0 aromatic rings. The van der Waals surface area contributed by atoms with Gasteiger partial charge in [0.25, 0.3) is 0 Å². The Labute approximate surface area is 162 Å². The van der Waals surface area contributed by atoms with E-state index in [2.05, 4.69) is 32.9 Å². The molecule has 0 atom stereocenters. The fourth-order valence-corrected chi connectivity index (χ4v) is 2.84. The predicted octanol–water partition coefficient (Wildman–Crippen LogP) is 7.83. The molecule has 3 nitrogen and oxygen atoms in total. The van der Waals surface area contributed by atoms with E-state index in [4.69, 9.17) is 9.47 Å². The quantitative estimate of drug-likeness (QED) is 0.140. The van der Waals surface area contributed by atoms with E-state index in [1.165, 1.54) is 64.2 Å². The first-order valence-electron chi connectivity index (χ1n) is 11.1. The van der Waals surface area contributed by atoms with Crippen molar-refractivity contribution in [3.05, 3.63) is 12.2 Å². The van der Waals surface area contributed by atoms with Crippen LogP contribution < -0.4 is 0 Å². The lowest BCUT2D eigenvalue weighted by molar-refractivity contribution is 0.0524. The van der Waals surface area contributed by atoms with E-state index < -0.39 is 6.16 Å². The highest BCUT2D eigenvalue weighted by Crippen LogP contribution is 2.09. The van der Waals surface area contributed by atoms with Gasteiger partial charge < -0.3 is 9.47 Å². The number of unbranched alkanes of at least 4 members (excludes halogenated alkanes) is 10. The third-order valence-electron chi connectivity index (χ3n) is 4.52. The van der Waals surface area contributed by atoms with Crippen LogP contribution >= 0.6 is 0 Å². The van der Waals surface area contributed by atoms with Crippen molar-refractivity contribution in [3.8, 4) is 0 Å². The Bertz CT molecular complexity index is 323. The van der Waals surface area contributed by atoms with Gasteiger partial charge in [-0.25, -0.2) is 4.79 Å². The third kappa shape index (κ3) is 21.1. The summed E-state index contributed by atoms with van der Waals surface area (Å²) in [5, 5.41) is 0. The first-order chi connectivity index (χ1) is 12.7. The van der Waals surface area contributed by atoms with Crippen LogP contribution in [0.25, 0.3) is 0 Å². The molecule has 0 unspecified atom stereocenters. The second-order valence-corrected chi connectivity index (χ2v) is 7.71. The number of allylic oxidation sites excluding steroid dienone is 2. The SMILES string of the molecule is CCCCCCC=CCCCCCCCCOC(=O)OCCCC(C)C. The van der Waals surface area contributed by atoms with Crippen LogP contribution in [0.1, 0.15) is 111 Å². The number of rotatable bonds is 18. The van der Waals surface area contributed by atoms with Gasteiger partial charge in [0.05, 0.1) is 13.2 Å². The van der Waals surface area contributed by atoms with Gasteiger partial charge >= 0.3 is 6.16 Å². The second kappa shape index (κ2) is 20.3. The van der Waals surface area contributed by atoms with Crippen LogP contribution in [0.5, 0.6) is 0 Å². The fraction of sp³-hybridized carbons (Fsp3) is 0.870. The van der Waals surface area contributed by atoms with E-state index in [-0.39, 0.29) is 0 Å². The highest BCUT2D eigenvalue weighted by atomic mass is 16.7. The van der Waals surface area contributed by atoms with Gasteiger partial charge in [0.15, 0.2) is 0 Å². The summed E-state index contributed by atoms with van der Waals surface area (Å²) in [4.78, 5) is 11.4. The number of carbonyl (C=O) groups is 1. The van der Waals surface area contributed by atoms with Gasteiger partial charge in [-0.1, -0.05) is 77.9 Å². The first kappa shape index (κ1) is 25.0. The molecule has 0 saturated heterocycles. The zero-order valence-electron chi connectivity index (χ0n) is 17.8. The van der Waals surface area contributed by atoms with Crippen molar-refractivity contribution in [2.45, 2.75) is 111 Å². The lowest BCUT2D eigenvalue weighted by atomic mass is 10.1. The molecule has 3 heteroatoms. The average Bonchev–Trinajstić information content (AvgIpc) is 2.62. The molecule has 0 radical (unpaired) electrons. The van der Waals surface area contributed by atoms with Crippen molar-refractivity contribution in [1.29, 1.82) is 0 Å². The smallest absolute Gasteiger partial charge is 0.434 e. The van der Waals surface area contributed by atoms with Crippen molar-refractivity contribution in [3.63, 3.8) is 0 Å². The largest absolute Gasteiger partial charge is 0.508 e. The fourth-order valence-electron chi connectivity index (χ4n) is 2.84. The Morgan fingerprint density at radius 3 is 1.81 bits per heavy atom. The minimum absolute atomic E-state index is 0.476. The zero-order valence-corrected chi connectivity index (χ0v) is 17.8. The molecule has 0 saturated carbocycles. The molecule has 0 aliphatic carbocycles. The summed E-state index contributed by atoms with van der Waals surface area (Å²) in [5.74, 6) is 0.654. The van der Waals surface area contributed by atoms with E-state index in [1.807, 2.05) is 0 Å². The standard InChI is InChI=1S/C23H44O3/c1-4-5-6-7-8-9-10-11-12-13-14-15-16-17-20-25-23(24)26-21-18-19-22(2)3/h9-10,22H,4-8,11-21H2,1-3H3. The van der Waals surface area contributed by atoms with Gasteiger partial charge in [-0.2, -0.15) is 0 Å². The lowest BCUT2D eigenvalue weighted by Crippen LogP contribution is -2.09. The second-order valence-electron chi connectivity index (χ2n) is 7.71. The van der Waals surface area contributed by atoms with Crippen molar-refractivity contribution in [2.24, 2.45) is 5.92 Å². The predicted molar refractivity (Wildman–Crippen MR) is 112 cm³/mol. The van der Waals surface area contributed by atoms with Gasteiger partial charge in [-0.05, 0) is 50.9 Å². The molecule has 0 amide bonds. The average molecular weight is 369 g/mol. The van der Waals surface area contributed by atoms with Gasteiger partial charge in [0.2, 0.25) is 0 Å². The molecular formula is C23H44O3. The molecule has 0 N–H and O–H groups in total. The normalized spacial score (nSPS) is 11.4. The maximum Gasteiger partial charge on any atom is 0.508 e. The van der Waals surface area contributed by atoms with Crippen molar-refractivity contribution in [1.82, 2.24) is 0 Å². The number of ether oxygens (including phenoxy) is 2. The van der Waals surface area contributed by atoms with Crippen molar-refractivity contribution < 1.29 is 14.3 Å². The maximum atomic E-state index is 11.4. The van der Waals surface area contributed by atoms with Gasteiger partial charge in [-0.15, -0.1) is 0 Å². The van der Waals surface area contributed by atoms with E-state index in [1.54, 1.807) is 0 Å². The molecule has 0 bridgehead atoms. The maximum absolute atomic E-state index is 11.4. The van der Waals surface area contributed by atoms with Gasteiger partial charge in [0.1, 0.15) is 0 Å². The van der Waals surface area contributed by atoms with E-state index >= 15 is 0 Å². The van der Waals surface area contributed by atoms with Crippen LogP contribution in [-0.2, 0) is 9.47 Å². The minimum Gasteiger partial charge on any atom is -0.434 e. The number of hydrogen-bond donors (Lipinski definition) is 0. The summed E-state index contributed by atoms with van der Waals surface area (Å²) in [6.45, 7) is 7.57. The van der Waals surface area contributed by atoms with Crippen molar-refractivity contribution >= 4 is 6.16 Å². The Balaban J connectivity index is 3.19. The highest BCUT2D eigenvalue weighted by Gasteiger charge is 2.03. The lowest BCUT2D eigenvalue weighted by Gasteiger charge is -2.07. The number of carbonyl (C=O) groups excluding carboxylic acids is 1. The van der Waals surface area contributed by atoms with E-state index in [9.17, 15) is 4.79 Å². The van der Waals surface area contributed by atoms with Crippen LogP contribution in [0.3, 0.4) is 0 Å². The molecule has 0 rings (SSSR count). The minimum atomic E-state index is -0.504. The van der Waals surface area contributed by atoms with Crippen LogP contribution in [0.15, 0.2) is 12.2 Å². The van der Waals surface area contributed by atoms with Gasteiger partial charge in [0, 0.05) is 0 Å². The Hall–Kier alpha value is -0.990. The number of hydrogen-bond acceptors (Lipinski definition) is 3. The molecule has 0 aromatic heterocycles. The summed E-state index contributed by atoms with van der Waals surface area (Å²) in [6, 6.07) is 0. The highest BCUT2D eigenvalue weighted by molar-refractivity contribution is 5.59. The van der Waals surface area contributed by atoms with Crippen LogP contribution in [0, 0.1) is 5.92 Å². The summed E-state index contributed by atoms with van der Waals surface area (Å²) in [7, 11) is 0. The third-order valence-corrected chi connectivity index (χ3v) is 4.52. The molecule has 26 heavy (non-hydrogen) atoms. The summed E-state index contributed by atoms with van der Waals surface area (Å²) in [6.07, 6.45) is 21.3. The van der Waals surface area contributed by atoms with Crippen molar-refractivity contribution in [2.75, 3.05) is 13.2 Å². The van der Waals surface area contributed by atoms with Crippen LogP contribution in [0.4, 0.5) is 4.79 Å². The molecule has 0 aliphatic heterocycles. The van der Waals surface area contributed by atoms with Crippen LogP contribution in [0.2, 0.25) is 0 Å². The first-order valence-corrected chi connectivity index (χ1v) is 11.1. The van der Waals surface area contributed by atoms with E-state index in [0.717, 1.165) is 25.7 Å². The molecular weight excluding hydrogens is 324 g/mol. The molecule has 0 aromatic carbocycles. The Morgan fingerprint density at radius 1 is 0.731 bits per heavy atom. The molecule has 0 fully saturated rings. The van der Waals surface area contributed by atoms with E-state index in [0.29, 0.717) is 19.1 Å². The summed E-state index contributed by atoms with van der Waals surface area (Å²) < 4.78 is 10.1. The summed E-state index contributed by atoms with van der Waals surface area (Å²) in [5.41, 5.74) is 0. The Kier molecular flexibility index (Phi) is 19.5. The van der Waals surface area contributed by atoms with Crippen LogP contribution in [-0.4, -0.2) is 19.4 Å². The molecule has 0 spiro atoms. The molecule has 0 aliphatic rings. The Morgan fingerprint density at radius 2 is 1.23 bits per heavy atom. The zero-order chi connectivity index (χ0) is 19.3.